The van der Waals surface area contributed by atoms with Crippen molar-refractivity contribution in [3.05, 3.63) is 21.4 Å². The lowest BCUT2D eigenvalue weighted by atomic mass is 9.97. The van der Waals surface area contributed by atoms with Crippen molar-refractivity contribution in [3.63, 3.8) is 0 Å². The molecular weight excluding hydrogens is 272 g/mol. The predicted molar refractivity (Wildman–Crippen MR) is 76.3 cm³/mol. The molecule has 2 heterocycles. The van der Waals surface area contributed by atoms with Gasteiger partial charge in [-0.2, -0.15) is 11.8 Å². The number of thioether (sulfide) groups is 1. The van der Waals surface area contributed by atoms with Gasteiger partial charge in [-0.25, -0.2) is 9.97 Å². The van der Waals surface area contributed by atoms with E-state index in [1.54, 1.807) is 11.8 Å². The van der Waals surface area contributed by atoms with Gasteiger partial charge in [-0.15, -0.1) is 11.3 Å². The standard InChI is InChI=1S/C12H13ClN2S2/c1-16-6-9-14-11(13)10-7-4-2-3-5-8(7)17-12(10)15-9/h2-6H2,1H3. The number of aryl methyl sites for hydroxylation is 2. The minimum atomic E-state index is 0.651. The number of hydrogen-bond acceptors (Lipinski definition) is 4. The van der Waals surface area contributed by atoms with Crippen molar-refractivity contribution in [2.24, 2.45) is 0 Å². The summed E-state index contributed by atoms with van der Waals surface area (Å²) in [6.07, 6.45) is 6.94. The van der Waals surface area contributed by atoms with Gasteiger partial charge in [0.1, 0.15) is 15.8 Å². The normalized spacial score (nSPS) is 15.2. The van der Waals surface area contributed by atoms with E-state index >= 15 is 0 Å². The highest BCUT2D eigenvalue weighted by Crippen LogP contribution is 2.38. The minimum absolute atomic E-state index is 0.651. The largest absolute Gasteiger partial charge is 0.221 e. The average Bonchev–Trinajstić information content (AvgIpc) is 2.67. The third-order valence-electron chi connectivity index (χ3n) is 3.09. The molecule has 2 nitrogen and oxygen atoms in total. The number of thiophene rings is 1. The van der Waals surface area contributed by atoms with E-state index in [0.29, 0.717) is 5.15 Å². The Labute approximate surface area is 114 Å². The van der Waals surface area contributed by atoms with Gasteiger partial charge >= 0.3 is 0 Å². The molecule has 0 saturated carbocycles. The predicted octanol–water partition coefficient (Wildman–Crippen LogP) is 4.09. The smallest absolute Gasteiger partial charge is 0.141 e. The highest BCUT2D eigenvalue weighted by atomic mass is 35.5. The van der Waals surface area contributed by atoms with Gasteiger partial charge in [-0.1, -0.05) is 11.6 Å². The summed E-state index contributed by atoms with van der Waals surface area (Å²) >= 11 is 9.86. The van der Waals surface area contributed by atoms with E-state index in [-0.39, 0.29) is 0 Å². The Balaban J connectivity index is 2.19. The molecular formula is C12H13ClN2S2. The van der Waals surface area contributed by atoms with Crippen LogP contribution in [0.15, 0.2) is 0 Å². The van der Waals surface area contributed by atoms with Gasteiger partial charge in [-0.05, 0) is 37.5 Å². The van der Waals surface area contributed by atoms with Gasteiger partial charge in [0.2, 0.25) is 0 Å². The maximum Gasteiger partial charge on any atom is 0.141 e. The van der Waals surface area contributed by atoms with Crippen LogP contribution in [-0.4, -0.2) is 16.2 Å². The third kappa shape index (κ3) is 2.07. The molecule has 2 aromatic heterocycles. The van der Waals surface area contributed by atoms with Crippen molar-refractivity contribution >= 4 is 44.9 Å². The number of halogens is 1. The molecule has 2 aromatic rings. The fraction of sp³-hybridized carbons (Fsp3) is 0.500. The van der Waals surface area contributed by atoms with Crippen molar-refractivity contribution in [3.8, 4) is 0 Å². The minimum Gasteiger partial charge on any atom is -0.221 e. The second-order valence-corrected chi connectivity index (χ2v) is 6.56. The Morgan fingerprint density at radius 1 is 1.29 bits per heavy atom. The Bertz CT molecular complexity index is 565. The van der Waals surface area contributed by atoms with Crippen molar-refractivity contribution in [2.75, 3.05) is 6.26 Å². The van der Waals surface area contributed by atoms with Crippen LogP contribution in [0.3, 0.4) is 0 Å². The number of rotatable bonds is 2. The molecule has 0 saturated heterocycles. The lowest BCUT2D eigenvalue weighted by molar-refractivity contribution is 0.700. The fourth-order valence-electron chi connectivity index (χ4n) is 2.35. The molecule has 3 rings (SSSR count). The third-order valence-corrected chi connectivity index (χ3v) is 5.10. The van der Waals surface area contributed by atoms with Crippen LogP contribution in [0.25, 0.3) is 10.2 Å². The van der Waals surface area contributed by atoms with Crippen molar-refractivity contribution in [1.82, 2.24) is 9.97 Å². The molecule has 0 amide bonds. The van der Waals surface area contributed by atoms with Gasteiger partial charge in [0.25, 0.3) is 0 Å². The molecule has 0 spiro atoms. The first-order valence-corrected chi connectivity index (χ1v) is 8.34. The van der Waals surface area contributed by atoms with Gasteiger partial charge in [0.05, 0.1) is 11.1 Å². The Kier molecular flexibility index (Phi) is 3.28. The van der Waals surface area contributed by atoms with E-state index in [0.717, 1.165) is 28.2 Å². The van der Waals surface area contributed by atoms with Gasteiger partial charge in [0.15, 0.2) is 0 Å². The number of hydrogen-bond donors (Lipinski definition) is 0. The molecule has 1 aliphatic carbocycles. The van der Waals surface area contributed by atoms with Crippen molar-refractivity contribution < 1.29 is 0 Å². The second kappa shape index (κ2) is 4.75. The molecule has 0 bridgehead atoms. The Hall–Kier alpha value is -0.320. The van der Waals surface area contributed by atoms with Crippen LogP contribution in [0.1, 0.15) is 29.1 Å². The average molecular weight is 285 g/mol. The maximum absolute atomic E-state index is 6.32. The summed E-state index contributed by atoms with van der Waals surface area (Å²) in [6.45, 7) is 0. The van der Waals surface area contributed by atoms with Gasteiger partial charge in [-0.3, -0.25) is 0 Å². The molecule has 0 N–H and O–H groups in total. The topological polar surface area (TPSA) is 25.8 Å². The van der Waals surface area contributed by atoms with Crippen molar-refractivity contribution in [1.29, 1.82) is 0 Å². The molecule has 17 heavy (non-hydrogen) atoms. The summed E-state index contributed by atoms with van der Waals surface area (Å²) in [6, 6.07) is 0. The van der Waals surface area contributed by atoms with Gasteiger partial charge < -0.3 is 0 Å². The Morgan fingerprint density at radius 3 is 2.94 bits per heavy atom. The maximum atomic E-state index is 6.32. The van der Waals surface area contributed by atoms with Crippen LogP contribution in [0, 0.1) is 0 Å². The van der Waals surface area contributed by atoms with E-state index in [2.05, 4.69) is 16.2 Å². The Morgan fingerprint density at radius 2 is 2.12 bits per heavy atom. The monoisotopic (exact) mass is 284 g/mol. The van der Waals surface area contributed by atoms with Crippen LogP contribution in [-0.2, 0) is 18.6 Å². The van der Waals surface area contributed by atoms with E-state index in [4.69, 9.17) is 11.6 Å². The van der Waals surface area contributed by atoms with E-state index in [1.807, 2.05) is 11.3 Å². The van der Waals surface area contributed by atoms with Crippen LogP contribution >= 0.6 is 34.7 Å². The quantitative estimate of drug-likeness (QED) is 0.777. The molecule has 1 aliphatic rings. The highest BCUT2D eigenvalue weighted by Gasteiger charge is 2.20. The first-order chi connectivity index (χ1) is 8.29. The van der Waals surface area contributed by atoms with Crippen LogP contribution in [0.2, 0.25) is 5.15 Å². The molecule has 0 unspecified atom stereocenters. The summed E-state index contributed by atoms with van der Waals surface area (Å²) in [7, 11) is 0. The first kappa shape index (κ1) is 11.8. The summed E-state index contributed by atoms with van der Waals surface area (Å²) < 4.78 is 0. The highest BCUT2D eigenvalue weighted by molar-refractivity contribution is 7.97. The van der Waals surface area contributed by atoms with Crippen molar-refractivity contribution in [2.45, 2.75) is 31.4 Å². The number of fused-ring (bicyclic) bond motifs is 3. The van der Waals surface area contributed by atoms with Crippen LogP contribution < -0.4 is 0 Å². The molecule has 0 atom stereocenters. The van der Waals surface area contributed by atoms with Crippen LogP contribution in [0.5, 0.6) is 0 Å². The summed E-state index contributed by atoms with van der Waals surface area (Å²) in [4.78, 5) is 11.6. The molecule has 90 valence electrons. The zero-order chi connectivity index (χ0) is 11.8. The number of aromatic nitrogens is 2. The van der Waals surface area contributed by atoms with E-state index in [9.17, 15) is 0 Å². The summed E-state index contributed by atoms with van der Waals surface area (Å²) in [5.74, 6) is 1.69. The first-order valence-electron chi connectivity index (χ1n) is 5.75. The van der Waals surface area contributed by atoms with Crippen LogP contribution in [0.4, 0.5) is 0 Å². The lowest BCUT2D eigenvalue weighted by Crippen LogP contribution is -1.99. The number of nitrogens with zero attached hydrogens (tertiary/aromatic N) is 2. The summed E-state index contributed by atoms with van der Waals surface area (Å²) in [5.41, 5.74) is 1.41. The molecule has 0 radical (unpaired) electrons. The van der Waals surface area contributed by atoms with E-state index < -0.39 is 0 Å². The lowest BCUT2D eigenvalue weighted by Gasteiger charge is -2.10. The van der Waals surface area contributed by atoms with E-state index in [1.165, 1.54) is 29.7 Å². The molecule has 0 aromatic carbocycles. The zero-order valence-electron chi connectivity index (χ0n) is 9.62. The fourth-order valence-corrected chi connectivity index (χ4v) is 4.37. The SMILES string of the molecule is CSCc1nc(Cl)c2c3c(sc2n1)CCCC3. The summed E-state index contributed by atoms with van der Waals surface area (Å²) in [5, 5.41) is 1.77. The second-order valence-electron chi connectivity index (χ2n) is 4.25. The molecule has 5 heteroatoms. The van der Waals surface area contributed by atoms with Gasteiger partial charge in [0, 0.05) is 4.88 Å². The zero-order valence-corrected chi connectivity index (χ0v) is 12.0. The molecule has 0 aliphatic heterocycles. The molecule has 0 fully saturated rings.